The zero-order chi connectivity index (χ0) is 14.5. The molecule has 1 atom stereocenters. The van der Waals surface area contributed by atoms with Crippen molar-refractivity contribution in [2.75, 3.05) is 6.61 Å². The van der Waals surface area contributed by atoms with Crippen LogP contribution in [0.4, 0.5) is 4.39 Å². The fraction of sp³-hybridized carbons (Fsp3) is 0.250. The van der Waals surface area contributed by atoms with E-state index in [-0.39, 0.29) is 5.82 Å². The van der Waals surface area contributed by atoms with Gasteiger partial charge >= 0.3 is 0 Å². The molecule has 0 saturated heterocycles. The third-order valence-electron chi connectivity index (χ3n) is 3.00. The van der Waals surface area contributed by atoms with Crippen molar-refractivity contribution in [3.8, 4) is 5.75 Å². The molecule has 0 heterocycles. The molecule has 106 valence electrons. The molecule has 1 unspecified atom stereocenters. The summed E-state index contributed by atoms with van der Waals surface area (Å²) in [5.74, 6) is 0.489. The lowest BCUT2D eigenvalue weighted by Gasteiger charge is -2.13. The summed E-state index contributed by atoms with van der Waals surface area (Å²) in [6, 6.07) is 11.8. The lowest BCUT2D eigenvalue weighted by Crippen LogP contribution is -2.03. The zero-order valence-electron chi connectivity index (χ0n) is 11.1. The molecule has 0 aliphatic carbocycles. The first kappa shape index (κ1) is 15.0. The highest BCUT2D eigenvalue weighted by molar-refractivity contribution is 9.10. The van der Waals surface area contributed by atoms with Gasteiger partial charge < -0.3 is 9.84 Å². The second kappa shape index (κ2) is 6.86. The van der Waals surface area contributed by atoms with Crippen LogP contribution in [0.2, 0.25) is 0 Å². The van der Waals surface area contributed by atoms with Crippen LogP contribution in [-0.4, -0.2) is 11.7 Å². The summed E-state index contributed by atoms with van der Waals surface area (Å²) in [5, 5.41) is 10.2. The first-order valence-electron chi connectivity index (χ1n) is 6.45. The minimum absolute atomic E-state index is 0.295. The predicted octanol–water partition coefficient (Wildman–Crippen LogP) is 4.26. The van der Waals surface area contributed by atoms with Gasteiger partial charge in [0.15, 0.2) is 0 Å². The largest absolute Gasteiger partial charge is 0.494 e. The van der Waals surface area contributed by atoms with Gasteiger partial charge in [0, 0.05) is 10.9 Å². The molecule has 0 radical (unpaired) electrons. The van der Waals surface area contributed by atoms with Crippen molar-refractivity contribution in [1.82, 2.24) is 0 Å². The van der Waals surface area contributed by atoms with E-state index in [0.717, 1.165) is 16.9 Å². The van der Waals surface area contributed by atoms with E-state index in [1.807, 2.05) is 31.2 Å². The summed E-state index contributed by atoms with van der Waals surface area (Å²) >= 11 is 3.31. The Morgan fingerprint density at radius 1 is 1.20 bits per heavy atom. The van der Waals surface area contributed by atoms with Gasteiger partial charge in [-0.25, -0.2) is 4.39 Å². The average molecular weight is 339 g/mol. The van der Waals surface area contributed by atoms with Crippen LogP contribution in [0, 0.1) is 5.82 Å². The van der Waals surface area contributed by atoms with Crippen LogP contribution in [0.25, 0.3) is 0 Å². The summed E-state index contributed by atoms with van der Waals surface area (Å²) < 4.78 is 19.0. The van der Waals surface area contributed by atoms with Crippen LogP contribution in [0.3, 0.4) is 0 Å². The van der Waals surface area contributed by atoms with Crippen LogP contribution >= 0.6 is 15.9 Å². The quantitative estimate of drug-likeness (QED) is 0.882. The number of ether oxygens (including phenoxy) is 1. The fourth-order valence-electron chi connectivity index (χ4n) is 1.97. The van der Waals surface area contributed by atoms with Gasteiger partial charge in [0.1, 0.15) is 11.6 Å². The molecular formula is C16H16BrFO2. The number of rotatable bonds is 5. The van der Waals surface area contributed by atoms with Gasteiger partial charge in [0.2, 0.25) is 0 Å². The number of hydrogen-bond donors (Lipinski definition) is 1. The molecule has 0 amide bonds. The summed E-state index contributed by atoms with van der Waals surface area (Å²) in [6.07, 6.45) is -0.207. The van der Waals surface area contributed by atoms with Crippen molar-refractivity contribution < 1.29 is 14.2 Å². The third-order valence-corrected chi connectivity index (χ3v) is 3.74. The van der Waals surface area contributed by atoms with Crippen LogP contribution in [0.5, 0.6) is 5.75 Å². The predicted molar refractivity (Wildman–Crippen MR) is 80.4 cm³/mol. The molecule has 0 saturated carbocycles. The van der Waals surface area contributed by atoms with E-state index in [4.69, 9.17) is 4.74 Å². The Morgan fingerprint density at radius 2 is 1.90 bits per heavy atom. The standard InChI is InChI=1S/C16H16BrFO2/c1-2-20-14-7-4-11(5-8-14)16(19)9-12-3-6-13(18)10-15(12)17/h3-8,10,16,19H,2,9H2,1H3. The number of aliphatic hydroxyl groups is 1. The van der Waals surface area contributed by atoms with E-state index >= 15 is 0 Å². The highest BCUT2D eigenvalue weighted by atomic mass is 79.9. The Morgan fingerprint density at radius 3 is 2.50 bits per heavy atom. The molecular weight excluding hydrogens is 323 g/mol. The van der Waals surface area contributed by atoms with Crippen molar-refractivity contribution in [3.63, 3.8) is 0 Å². The SMILES string of the molecule is CCOc1ccc(C(O)Cc2ccc(F)cc2Br)cc1. The Kier molecular flexibility index (Phi) is 5.15. The minimum atomic E-state index is -0.632. The van der Waals surface area contributed by atoms with E-state index < -0.39 is 6.10 Å². The topological polar surface area (TPSA) is 29.5 Å². The van der Waals surface area contributed by atoms with Crippen molar-refractivity contribution in [1.29, 1.82) is 0 Å². The molecule has 2 nitrogen and oxygen atoms in total. The second-order valence-corrected chi connectivity index (χ2v) is 5.31. The smallest absolute Gasteiger partial charge is 0.124 e. The maximum atomic E-state index is 13.0. The van der Waals surface area contributed by atoms with E-state index in [1.54, 1.807) is 6.07 Å². The molecule has 0 bridgehead atoms. The van der Waals surface area contributed by atoms with E-state index in [2.05, 4.69) is 15.9 Å². The first-order chi connectivity index (χ1) is 9.60. The molecule has 2 aromatic rings. The molecule has 0 aromatic heterocycles. The van der Waals surface area contributed by atoms with Crippen molar-refractivity contribution in [3.05, 3.63) is 63.9 Å². The highest BCUT2D eigenvalue weighted by Crippen LogP contribution is 2.25. The Hall–Kier alpha value is -1.39. The first-order valence-corrected chi connectivity index (χ1v) is 7.24. The van der Waals surface area contributed by atoms with Gasteiger partial charge in [-0.1, -0.05) is 34.1 Å². The van der Waals surface area contributed by atoms with Gasteiger partial charge in [0.05, 0.1) is 12.7 Å². The zero-order valence-corrected chi connectivity index (χ0v) is 12.7. The van der Waals surface area contributed by atoms with Gasteiger partial charge in [-0.3, -0.25) is 0 Å². The van der Waals surface area contributed by atoms with Gasteiger partial charge in [-0.2, -0.15) is 0 Å². The highest BCUT2D eigenvalue weighted by Gasteiger charge is 2.11. The fourth-order valence-corrected chi connectivity index (χ4v) is 2.48. The second-order valence-electron chi connectivity index (χ2n) is 4.46. The maximum Gasteiger partial charge on any atom is 0.124 e. The number of halogens is 2. The molecule has 2 aromatic carbocycles. The van der Waals surface area contributed by atoms with Gasteiger partial charge in [-0.15, -0.1) is 0 Å². The Bertz CT molecular complexity index is 569. The summed E-state index contributed by atoms with van der Waals surface area (Å²) in [7, 11) is 0. The van der Waals surface area contributed by atoms with Crippen molar-refractivity contribution in [2.24, 2.45) is 0 Å². The lowest BCUT2D eigenvalue weighted by molar-refractivity contribution is 0.178. The van der Waals surface area contributed by atoms with Gasteiger partial charge in [0.25, 0.3) is 0 Å². The van der Waals surface area contributed by atoms with Crippen LogP contribution < -0.4 is 4.74 Å². The Balaban J connectivity index is 2.09. The number of benzene rings is 2. The molecule has 0 spiro atoms. The molecule has 20 heavy (non-hydrogen) atoms. The number of hydrogen-bond acceptors (Lipinski definition) is 2. The number of aliphatic hydroxyl groups excluding tert-OH is 1. The van der Waals surface area contributed by atoms with E-state index in [0.29, 0.717) is 17.5 Å². The monoisotopic (exact) mass is 338 g/mol. The van der Waals surface area contributed by atoms with Crippen LogP contribution in [-0.2, 0) is 6.42 Å². The summed E-state index contributed by atoms with van der Waals surface area (Å²) in [4.78, 5) is 0. The third kappa shape index (κ3) is 3.81. The van der Waals surface area contributed by atoms with Crippen molar-refractivity contribution >= 4 is 15.9 Å². The Labute approximate surface area is 126 Å². The van der Waals surface area contributed by atoms with E-state index in [9.17, 15) is 9.50 Å². The minimum Gasteiger partial charge on any atom is -0.494 e. The molecule has 0 aliphatic heterocycles. The molecule has 0 fully saturated rings. The molecule has 0 aliphatic rings. The average Bonchev–Trinajstić information content (AvgIpc) is 2.43. The maximum absolute atomic E-state index is 13.0. The van der Waals surface area contributed by atoms with Crippen LogP contribution in [0.1, 0.15) is 24.2 Å². The molecule has 4 heteroatoms. The van der Waals surface area contributed by atoms with Crippen LogP contribution in [0.15, 0.2) is 46.9 Å². The van der Waals surface area contributed by atoms with Gasteiger partial charge in [-0.05, 0) is 42.3 Å². The van der Waals surface area contributed by atoms with Crippen molar-refractivity contribution in [2.45, 2.75) is 19.4 Å². The van der Waals surface area contributed by atoms with E-state index in [1.165, 1.54) is 12.1 Å². The molecule has 1 N–H and O–H groups in total. The lowest BCUT2D eigenvalue weighted by atomic mass is 10.0. The molecule has 2 rings (SSSR count). The summed E-state index contributed by atoms with van der Waals surface area (Å²) in [5.41, 5.74) is 1.68. The summed E-state index contributed by atoms with van der Waals surface area (Å²) in [6.45, 7) is 2.54. The normalized spacial score (nSPS) is 12.2.